The van der Waals surface area contributed by atoms with Gasteiger partial charge in [-0.25, -0.2) is 13.4 Å². The molecule has 0 amide bonds. The Labute approximate surface area is 96.6 Å². The van der Waals surface area contributed by atoms with E-state index in [0.29, 0.717) is 0 Å². The third-order valence-corrected chi connectivity index (χ3v) is 4.30. The van der Waals surface area contributed by atoms with Gasteiger partial charge in [-0.1, -0.05) is 6.92 Å². The van der Waals surface area contributed by atoms with Gasteiger partial charge in [0.2, 0.25) is 0 Å². The molecule has 92 valence electrons. The Hall–Kier alpha value is -0.880. The van der Waals surface area contributed by atoms with Crippen molar-refractivity contribution in [1.82, 2.24) is 15.3 Å². The molecule has 0 bridgehead atoms. The lowest BCUT2D eigenvalue weighted by Crippen LogP contribution is -2.35. The summed E-state index contributed by atoms with van der Waals surface area (Å²) in [6, 6.07) is -0.0536. The van der Waals surface area contributed by atoms with Crippen LogP contribution in [0.2, 0.25) is 0 Å². The zero-order valence-electron chi connectivity index (χ0n) is 9.90. The number of aromatic amines is 1. The van der Waals surface area contributed by atoms with Crippen LogP contribution in [0.1, 0.15) is 32.6 Å². The van der Waals surface area contributed by atoms with E-state index >= 15 is 0 Å². The molecule has 0 saturated carbocycles. The van der Waals surface area contributed by atoms with Gasteiger partial charge >= 0.3 is 0 Å². The highest BCUT2D eigenvalue weighted by Gasteiger charge is 2.16. The molecule has 0 spiro atoms. The Morgan fingerprint density at radius 2 is 2.19 bits per heavy atom. The SMILES string of the molecule is CCS(=O)(=O)CC(C)NC(C)c1ncc[nH]1. The lowest BCUT2D eigenvalue weighted by Gasteiger charge is -2.18. The second-order valence-electron chi connectivity index (χ2n) is 3.96. The smallest absolute Gasteiger partial charge is 0.151 e. The summed E-state index contributed by atoms with van der Waals surface area (Å²) < 4.78 is 22.8. The van der Waals surface area contributed by atoms with Crippen LogP contribution < -0.4 is 5.32 Å². The minimum atomic E-state index is -2.93. The molecular formula is C10H19N3O2S. The molecular weight excluding hydrogens is 226 g/mol. The molecule has 2 unspecified atom stereocenters. The lowest BCUT2D eigenvalue weighted by atomic mass is 10.2. The molecule has 2 N–H and O–H groups in total. The average molecular weight is 245 g/mol. The highest BCUT2D eigenvalue weighted by molar-refractivity contribution is 7.91. The second kappa shape index (κ2) is 5.45. The first-order valence-electron chi connectivity index (χ1n) is 5.40. The summed E-state index contributed by atoms with van der Waals surface area (Å²) in [5, 5.41) is 3.20. The quantitative estimate of drug-likeness (QED) is 0.780. The van der Waals surface area contributed by atoms with Gasteiger partial charge in [-0.05, 0) is 13.8 Å². The summed E-state index contributed by atoms with van der Waals surface area (Å²) in [5.74, 6) is 1.17. The van der Waals surface area contributed by atoms with Crippen molar-refractivity contribution < 1.29 is 8.42 Å². The van der Waals surface area contributed by atoms with Crippen LogP contribution in [0, 0.1) is 0 Å². The van der Waals surface area contributed by atoms with E-state index in [4.69, 9.17) is 0 Å². The average Bonchev–Trinajstić information content (AvgIpc) is 2.69. The first-order valence-corrected chi connectivity index (χ1v) is 7.22. The Bertz CT molecular complexity index is 400. The summed E-state index contributed by atoms with van der Waals surface area (Å²) >= 11 is 0. The predicted molar refractivity (Wildman–Crippen MR) is 63.9 cm³/mol. The van der Waals surface area contributed by atoms with Gasteiger partial charge in [0.25, 0.3) is 0 Å². The maximum Gasteiger partial charge on any atom is 0.151 e. The van der Waals surface area contributed by atoms with E-state index in [1.165, 1.54) is 0 Å². The third kappa shape index (κ3) is 3.94. The van der Waals surface area contributed by atoms with Crippen molar-refractivity contribution >= 4 is 9.84 Å². The number of sulfone groups is 1. The van der Waals surface area contributed by atoms with Crippen molar-refractivity contribution in [2.45, 2.75) is 32.9 Å². The molecule has 2 atom stereocenters. The Balaban J connectivity index is 2.49. The zero-order valence-corrected chi connectivity index (χ0v) is 10.7. The standard InChI is InChI=1S/C10H19N3O2S/c1-4-16(14,15)7-8(2)13-9(3)10-11-5-6-12-10/h5-6,8-9,13H,4,7H2,1-3H3,(H,11,12). The molecule has 6 heteroatoms. The predicted octanol–water partition coefficient (Wildman–Crippen LogP) is 0.883. The minimum Gasteiger partial charge on any atom is -0.347 e. The minimum absolute atomic E-state index is 0.0251. The summed E-state index contributed by atoms with van der Waals surface area (Å²) in [7, 11) is -2.93. The molecule has 1 aromatic heterocycles. The van der Waals surface area contributed by atoms with E-state index in [1.54, 1.807) is 19.3 Å². The molecule has 1 aromatic rings. The largest absolute Gasteiger partial charge is 0.347 e. The molecule has 0 aromatic carbocycles. The zero-order chi connectivity index (χ0) is 12.2. The van der Waals surface area contributed by atoms with Crippen LogP contribution >= 0.6 is 0 Å². The van der Waals surface area contributed by atoms with E-state index in [0.717, 1.165) is 5.82 Å². The molecule has 0 fully saturated rings. The van der Waals surface area contributed by atoms with Crippen LogP contribution in [-0.2, 0) is 9.84 Å². The number of nitrogens with zero attached hydrogens (tertiary/aromatic N) is 1. The molecule has 0 aliphatic carbocycles. The van der Waals surface area contributed by atoms with Gasteiger partial charge in [0.05, 0.1) is 11.8 Å². The van der Waals surface area contributed by atoms with Crippen LogP contribution in [0.3, 0.4) is 0 Å². The van der Waals surface area contributed by atoms with Crippen molar-refractivity contribution in [2.75, 3.05) is 11.5 Å². The van der Waals surface area contributed by atoms with E-state index in [9.17, 15) is 8.42 Å². The molecule has 1 rings (SSSR count). The number of rotatable bonds is 6. The van der Waals surface area contributed by atoms with Crippen molar-refractivity contribution in [2.24, 2.45) is 0 Å². The number of hydrogen-bond acceptors (Lipinski definition) is 4. The summed E-state index contributed by atoms with van der Waals surface area (Å²) in [4.78, 5) is 7.11. The molecule has 16 heavy (non-hydrogen) atoms. The van der Waals surface area contributed by atoms with E-state index < -0.39 is 9.84 Å². The van der Waals surface area contributed by atoms with E-state index in [-0.39, 0.29) is 23.6 Å². The molecule has 0 aliphatic rings. The lowest BCUT2D eigenvalue weighted by molar-refractivity contribution is 0.485. The van der Waals surface area contributed by atoms with Crippen LogP contribution in [0.15, 0.2) is 12.4 Å². The van der Waals surface area contributed by atoms with Crippen LogP contribution in [0.4, 0.5) is 0 Å². The fraction of sp³-hybridized carbons (Fsp3) is 0.700. The Morgan fingerprint density at radius 1 is 1.50 bits per heavy atom. The fourth-order valence-corrected chi connectivity index (χ4v) is 2.66. The normalized spacial score (nSPS) is 15.9. The first kappa shape index (κ1) is 13.2. The second-order valence-corrected chi connectivity index (χ2v) is 6.36. The van der Waals surface area contributed by atoms with Crippen LogP contribution in [0.25, 0.3) is 0 Å². The maximum absolute atomic E-state index is 11.4. The van der Waals surface area contributed by atoms with E-state index in [2.05, 4.69) is 15.3 Å². The Morgan fingerprint density at radius 3 is 2.69 bits per heavy atom. The molecule has 5 nitrogen and oxygen atoms in total. The monoisotopic (exact) mass is 245 g/mol. The molecule has 0 radical (unpaired) electrons. The number of hydrogen-bond donors (Lipinski definition) is 2. The van der Waals surface area contributed by atoms with Gasteiger partial charge in [-0.2, -0.15) is 0 Å². The molecule has 0 saturated heterocycles. The van der Waals surface area contributed by atoms with Crippen LogP contribution in [0.5, 0.6) is 0 Å². The summed E-state index contributed by atoms with van der Waals surface area (Å²) in [6.45, 7) is 5.48. The van der Waals surface area contributed by atoms with Gasteiger partial charge in [-0.15, -0.1) is 0 Å². The van der Waals surface area contributed by atoms with Crippen molar-refractivity contribution in [3.8, 4) is 0 Å². The number of H-pyrrole nitrogens is 1. The Kier molecular flexibility index (Phi) is 4.49. The summed E-state index contributed by atoms with van der Waals surface area (Å²) in [5.41, 5.74) is 0. The topological polar surface area (TPSA) is 74.8 Å². The van der Waals surface area contributed by atoms with Gasteiger partial charge in [0, 0.05) is 24.2 Å². The number of aromatic nitrogens is 2. The van der Waals surface area contributed by atoms with E-state index in [1.807, 2.05) is 13.8 Å². The summed E-state index contributed by atoms with van der Waals surface area (Å²) in [6.07, 6.45) is 3.43. The van der Waals surface area contributed by atoms with Gasteiger partial charge < -0.3 is 10.3 Å². The fourth-order valence-electron chi connectivity index (χ4n) is 1.57. The van der Waals surface area contributed by atoms with Gasteiger partial charge in [0.1, 0.15) is 5.82 Å². The van der Waals surface area contributed by atoms with Crippen molar-refractivity contribution in [3.05, 3.63) is 18.2 Å². The van der Waals surface area contributed by atoms with Crippen molar-refractivity contribution in [3.63, 3.8) is 0 Å². The maximum atomic E-state index is 11.4. The number of nitrogens with one attached hydrogen (secondary N) is 2. The first-order chi connectivity index (χ1) is 7.44. The highest BCUT2D eigenvalue weighted by Crippen LogP contribution is 2.07. The molecule has 1 heterocycles. The van der Waals surface area contributed by atoms with Crippen molar-refractivity contribution in [1.29, 1.82) is 0 Å². The third-order valence-electron chi connectivity index (χ3n) is 2.41. The number of imidazole rings is 1. The van der Waals surface area contributed by atoms with Crippen LogP contribution in [-0.4, -0.2) is 35.9 Å². The molecule has 0 aliphatic heterocycles. The van der Waals surface area contributed by atoms with Gasteiger partial charge in [-0.3, -0.25) is 0 Å². The van der Waals surface area contributed by atoms with Gasteiger partial charge in [0.15, 0.2) is 9.84 Å². The highest BCUT2D eigenvalue weighted by atomic mass is 32.2.